The lowest BCUT2D eigenvalue weighted by molar-refractivity contribution is -0.131. The summed E-state index contributed by atoms with van der Waals surface area (Å²) in [4.78, 5) is 25.9. The summed E-state index contributed by atoms with van der Waals surface area (Å²) in [6, 6.07) is 7.22. The molecule has 6 nitrogen and oxygen atoms in total. The van der Waals surface area contributed by atoms with E-state index >= 15 is 0 Å². The van der Waals surface area contributed by atoms with Crippen LogP contribution in [0.3, 0.4) is 0 Å². The molecule has 0 radical (unpaired) electrons. The molecule has 0 bridgehead atoms. The molecule has 2 rings (SSSR count). The van der Waals surface area contributed by atoms with Gasteiger partial charge in [0.2, 0.25) is 5.91 Å². The number of benzene rings is 1. The number of hydrogen-bond acceptors (Lipinski definition) is 3. The largest absolute Gasteiger partial charge is 0.340 e. The van der Waals surface area contributed by atoms with Crippen molar-refractivity contribution in [1.29, 1.82) is 0 Å². The van der Waals surface area contributed by atoms with E-state index in [0.29, 0.717) is 31.1 Å². The van der Waals surface area contributed by atoms with Gasteiger partial charge in [0.15, 0.2) is 0 Å². The number of urea groups is 1. The van der Waals surface area contributed by atoms with Gasteiger partial charge in [-0.05, 0) is 50.1 Å². The Hall–Kier alpha value is -1.31. The molecular weight excluding hydrogens is 396 g/mol. The third-order valence-electron chi connectivity index (χ3n) is 4.04. The van der Waals surface area contributed by atoms with E-state index in [9.17, 15) is 9.59 Å². The van der Waals surface area contributed by atoms with Gasteiger partial charge in [-0.15, -0.1) is 12.4 Å². The first-order valence-electron chi connectivity index (χ1n) is 7.79. The van der Waals surface area contributed by atoms with Gasteiger partial charge in [0.1, 0.15) is 0 Å². The molecule has 1 fully saturated rings. The molecule has 2 atom stereocenters. The number of hydrogen-bond donors (Lipinski definition) is 3. The smallest absolute Gasteiger partial charge is 0.319 e. The van der Waals surface area contributed by atoms with Crippen molar-refractivity contribution in [3.05, 3.63) is 28.7 Å². The lowest BCUT2D eigenvalue weighted by Crippen LogP contribution is -2.37. The number of likely N-dealkylation sites (tertiary alicyclic amines) is 1. The van der Waals surface area contributed by atoms with E-state index in [1.54, 1.807) is 12.1 Å². The summed E-state index contributed by atoms with van der Waals surface area (Å²) < 4.78 is 0.949. The Kier molecular flexibility index (Phi) is 8.52. The molecule has 134 valence electrons. The average Bonchev–Trinajstić information content (AvgIpc) is 2.90. The predicted molar refractivity (Wildman–Crippen MR) is 101 cm³/mol. The van der Waals surface area contributed by atoms with Crippen molar-refractivity contribution in [3.63, 3.8) is 0 Å². The molecule has 1 aromatic carbocycles. The van der Waals surface area contributed by atoms with E-state index in [1.165, 1.54) is 0 Å². The summed E-state index contributed by atoms with van der Waals surface area (Å²) in [5, 5.41) is 5.43. The maximum atomic E-state index is 12.2. The molecule has 0 aromatic heterocycles. The standard InChI is InChI=1S/C16H23BrN4O2.ClH/c1-11-8-12(9-18)10-21(11)15(22)6-7-19-16(23)20-14-4-2-13(17)3-5-14;/h2-5,11-12H,6-10,18H2,1H3,(H2,19,20,23);1H. The highest BCUT2D eigenvalue weighted by molar-refractivity contribution is 9.10. The minimum absolute atomic E-state index is 0. The number of amides is 3. The Balaban J connectivity index is 0.00000288. The first-order valence-corrected chi connectivity index (χ1v) is 8.59. The number of nitrogens with zero attached hydrogens (tertiary/aromatic N) is 1. The van der Waals surface area contributed by atoms with E-state index in [-0.39, 0.29) is 30.4 Å². The average molecular weight is 420 g/mol. The van der Waals surface area contributed by atoms with Crippen LogP contribution in [0.2, 0.25) is 0 Å². The summed E-state index contributed by atoms with van der Waals surface area (Å²) in [7, 11) is 0. The lowest BCUT2D eigenvalue weighted by Gasteiger charge is -2.21. The van der Waals surface area contributed by atoms with E-state index in [1.807, 2.05) is 24.0 Å². The molecular formula is C16H24BrClN4O2. The highest BCUT2D eigenvalue weighted by atomic mass is 79.9. The highest BCUT2D eigenvalue weighted by Crippen LogP contribution is 2.22. The normalized spacial score (nSPS) is 19.5. The molecule has 1 aliphatic heterocycles. The van der Waals surface area contributed by atoms with E-state index in [4.69, 9.17) is 5.73 Å². The van der Waals surface area contributed by atoms with Crippen LogP contribution in [0.15, 0.2) is 28.7 Å². The molecule has 3 amide bonds. The quantitative estimate of drug-likeness (QED) is 0.685. The van der Waals surface area contributed by atoms with Gasteiger partial charge in [-0.2, -0.15) is 0 Å². The summed E-state index contributed by atoms with van der Waals surface area (Å²) in [6.45, 7) is 3.70. The Morgan fingerprint density at radius 1 is 1.33 bits per heavy atom. The zero-order chi connectivity index (χ0) is 16.8. The van der Waals surface area contributed by atoms with E-state index in [0.717, 1.165) is 17.4 Å². The van der Waals surface area contributed by atoms with Gasteiger partial charge in [-0.25, -0.2) is 4.79 Å². The first-order chi connectivity index (χ1) is 11.0. The summed E-state index contributed by atoms with van der Waals surface area (Å²) in [5.74, 6) is 0.458. The van der Waals surface area contributed by atoms with Gasteiger partial charge in [0.05, 0.1) is 0 Å². The molecule has 8 heteroatoms. The highest BCUT2D eigenvalue weighted by Gasteiger charge is 2.31. The fourth-order valence-corrected chi connectivity index (χ4v) is 3.06. The number of carbonyl (C=O) groups excluding carboxylic acids is 2. The SMILES string of the molecule is CC1CC(CN)CN1C(=O)CCNC(=O)Nc1ccc(Br)cc1.Cl. The topological polar surface area (TPSA) is 87.5 Å². The maximum absolute atomic E-state index is 12.2. The van der Waals surface area contributed by atoms with Gasteiger partial charge >= 0.3 is 6.03 Å². The van der Waals surface area contributed by atoms with Gasteiger partial charge in [0.25, 0.3) is 0 Å². The van der Waals surface area contributed by atoms with E-state index in [2.05, 4.69) is 26.6 Å². The number of halogens is 2. The van der Waals surface area contributed by atoms with Crippen LogP contribution in [-0.4, -0.2) is 42.5 Å². The Labute approximate surface area is 157 Å². The number of nitrogens with two attached hydrogens (primary N) is 1. The van der Waals surface area contributed by atoms with Crippen molar-refractivity contribution in [3.8, 4) is 0 Å². The van der Waals surface area contributed by atoms with Crippen LogP contribution in [0.4, 0.5) is 10.5 Å². The zero-order valence-electron chi connectivity index (χ0n) is 13.6. The summed E-state index contributed by atoms with van der Waals surface area (Å²) >= 11 is 3.34. The van der Waals surface area contributed by atoms with Gasteiger partial charge in [-0.1, -0.05) is 15.9 Å². The molecule has 0 saturated carbocycles. The van der Waals surface area contributed by atoms with E-state index < -0.39 is 0 Å². The van der Waals surface area contributed by atoms with Crippen LogP contribution in [0, 0.1) is 5.92 Å². The molecule has 1 aliphatic rings. The van der Waals surface area contributed by atoms with Crippen molar-refractivity contribution < 1.29 is 9.59 Å². The van der Waals surface area contributed by atoms with Crippen LogP contribution < -0.4 is 16.4 Å². The van der Waals surface area contributed by atoms with Crippen molar-refractivity contribution in [1.82, 2.24) is 10.2 Å². The van der Waals surface area contributed by atoms with Crippen molar-refractivity contribution in [2.24, 2.45) is 11.7 Å². The van der Waals surface area contributed by atoms with Crippen molar-refractivity contribution >= 4 is 46.0 Å². The monoisotopic (exact) mass is 418 g/mol. The maximum Gasteiger partial charge on any atom is 0.319 e. The molecule has 0 aliphatic carbocycles. The number of nitrogens with one attached hydrogen (secondary N) is 2. The molecule has 24 heavy (non-hydrogen) atoms. The summed E-state index contributed by atoms with van der Waals surface area (Å²) in [5.41, 5.74) is 6.38. The minimum atomic E-state index is -0.311. The molecule has 4 N–H and O–H groups in total. The van der Waals surface area contributed by atoms with Crippen molar-refractivity contribution in [2.75, 3.05) is 25.0 Å². The number of carbonyl (C=O) groups is 2. The Morgan fingerprint density at radius 2 is 2.00 bits per heavy atom. The zero-order valence-corrected chi connectivity index (χ0v) is 16.0. The number of anilines is 1. The van der Waals surface area contributed by atoms with Crippen LogP contribution >= 0.6 is 28.3 Å². The first kappa shape index (κ1) is 20.7. The molecule has 2 unspecified atom stereocenters. The fraction of sp³-hybridized carbons (Fsp3) is 0.500. The van der Waals surface area contributed by atoms with Crippen molar-refractivity contribution in [2.45, 2.75) is 25.8 Å². The van der Waals surface area contributed by atoms with Crippen LogP contribution in [-0.2, 0) is 4.79 Å². The van der Waals surface area contributed by atoms with Gasteiger partial charge < -0.3 is 21.3 Å². The molecule has 1 heterocycles. The fourth-order valence-electron chi connectivity index (χ4n) is 2.80. The molecule has 0 spiro atoms. The van der Waals surface area contributed by atoms with Gasteiger partial charge in [-0.3, -0.25) is 4.79 Å². The van der Waals surface area contributed by atoms with Crippen LogP contribution in [0.5, 0.6) is 0 Å². The second-order valence-corrected chi connectivity index (χ2v) is 6.79. The Morgan fingerprint density at radius 3 is 2.58 bits per heavy atom. The second kappa shape index (κ2) is 9.86. The van der Waals surface area contributed by atoms with Crippen LogP contribution in [0.1, 0.15) is 19.8 Å². The predicted octanol–water partition coefficient (Wildman–Crippen LogP) is 2.58. The molecule has 1 aromatic rings. The second-order valence-electron chi connectivity index (χ2n) is 5.87. The summed E-state index contributed by atoms with van der Waals surface area (Å²) in [6.07, 6.45) is 1.26. The Bertz CT molecular complexity index is 556. The molecule has 1 saturated heterocycles. The minimum Gasteiger partial charge on any atom is -0.340 e. The third kappa shape index (κ3) is 5.96. The third-order valence-corrected chi connectivity index (χ3v) is 4.57. The number of rotatable bonds is 5. The lowest BCUT2D eigenvalue weighted by atomic mass is 10.1. The van der Waals surface area contributed by atoms with Gasteiger partial charge in [0, 0.05) is 35.7 Å². The van der Waals surface area contributed by atoms with Crippen LogP contribution in [0.25, 0.3) is 0 Å².